The van der Waals surface area contributed by atoms with Gasteiger partial charge in [-0.15, -0.1) is 0 Å². The van der Waals surface area contributed by atoms with E-state index in [-0.39, 0.29) is 22.0 Å². The molecule has 2 aromatic carbocycles. The highest BCUT2D eigenvalue weighted by Crippen LogP contribution is 2.40. The Hall–Kier alpha value is -1.65. The minimum atomic E-state index is -4.03. The molecule has 0 radical (unpaired) electrons. The fraction of sp³-hybridized carbons (Fsp3) is 0.0769. The zero-order valence-electron chi connectivity index (χ0n) is 11.6. The van der Waals surface area contributed by atoms with Gasteiger partial charge in [0.1, 0.15) is 5.75 Å². The number of nitrogens with zero attached hydrogens (tertiary/aromatic N) is 1. The molecule has 0 bridgehead atoms. The molecule has 0 saturated carbocycles. The topological polar surface area (TPSA) is 110 Å². The van der Waals surface area contributed by atoms with Crippen molar-refractivity contribution in [2.24, 2.45) is 0 Å². The van der Waals surface area contributed by atoms with Crippen LogP contribution < -0.4 is 4.72 Å². The van der Waals surface area contributed by atoms with E-state index in [2.05, 4.69) is 36.6 Å². The number of aromatic hydroxyl groups is 1. The lowest BCUT2D eigenvalue weighted by molar-refractivity contribution is -0.385. The lowest BCUT2D eigenvalue weighted by Crippen LogP contribution is -2.13. The number of benzene rings is 2. The zero-order chi connectivity index (χ0) is 17.4. The minimum absolute atomic E-state index is 0.0184. The summed E-state index contributed by atoms with van der Waals surface area (Å²) in [5.41, 5.74) is 0.325. The summed E-state index contributed by atoms with van der Waals surface area (Å²) in [4.78, 5) is 9.86. The molecule has 0 aliphatic rings. The normalized spacial score (nSPS) is 11.3. The average Bonchev–Trinajstić information content (AvgIpc) is 2.50. The highest BCUT2D eigenvalue weighted by atomic mass is 79.9. The molecule has 2 aromatic rings. The number of nitrogens with one attached hydrogen (secondary N) is 1. The second-order valence-corrected chi connectivity index (χ2v) is 7.85. The number of hydrogen-bond donors (Lipinski definition) is 2. The van der Waals surface area contributed by atoms with Gasteiger partial charge in [0.2, 0.25) is 0 Å². The minimum Gasteiger partial charge on any atom is -0.506 e. The Morgan fingerprint density at radius 2 is 1.87 bits per heavy atom. The summed E-state index contributed by atoms with van der Waals surface area (Å²) >= 11 is 6.34. The van der Waals surface area contributed by atoms with Gasteiger partial charge in [0.25, 0.3) is 15.7 Å². The van der Waals surface area contributed by atoms with Gasteiger partial charge in [-0.05, 0) is 56.5 Å². The second-order valence-electron chi connectivity index (χ2n) is 4.58. The molecule has 0 aromatic heterocycles. The molecule has 23 heavy (non-hydrogen) atoms. The second kappa shape index (κ2) is 6.46. The third-order valence-corrected chi connectivity index (χ3v) is 6.45. The van der Waals surface area contributed by atoms with Gasteiger partial charge in [0.05, 0.1) is 24.5 Å². The predicted molar refractivity (Wildman–Crippen MR) is 92.1 cm³/mol. The smallest absolute Gasteiger partial charge is 0.270 e. The molecule has 0 amide bonds. The molecule has 2 N–H and O–H groups in total. The van der Waals surface area contributed by atoms with Gasteiger partial charge in [0.15, 0.2) is 0 Å². The van der Waals surface area contributed by atoms with Crippen molar-refractivity contribution in [1.82, 2.24) is 0 Å². The van der Waals surface area contributed by atoms with E-state index in [1.807, 2.05) is 0 Å². The van der Waals surface area contributed by atoms with Crippen LogP contribution in [0.1, 0.15) is 5.56 Å². The maximum atomic E-state index is 12.4. The van der Waals surface area contributed by atoms with E-state index in [1.165, 1.54) is 24.3 Å². The molecule has 0 atom stereocenters. The molecule has 0 unspecified atom stereocenters. The Balaban J connectivity index is 2.47. The van der Waals surface area contributed by atoms with Crippen LogP contribution in [0.15, 0.2) is 44.2 Å². The summed E-state index contributed by atoms with van der Waals surface area (Å²) < 4.78 is 27.8. The Labute approximate surface area is 148 Å². The van der Waals surface area contributed by atoms with Crippen LogP contribution in [0.3, 0.4) is 0 Å². The number of anilines is 1. The predicted octanol–water partition coefficient (Wildman–Crippen LogP) is 3.93. The first kappa shape index (κ1) is 17.7. The van der Waals surface area contributed by atoms with Gasteiger partial charge in [0, 0.05) is 12.1 Å². The summed E-state index contributed by atoms with van der Waals surface area (Å²) in [7, 11) is -4.03. The molecule has 2 rings (SSSR count). The molecule has 0 aliphatic carbocycles. The van der Waals surface area contributed by atoms with E-state index in [9.17, 15) is 23.6 Å². The molecule has 0 heterocycles. The molecule has 10 heteroatoms. The van der Waals surface area contributed by atoms with E-state index in [0.717, 1.165) is 6.07 Å². The van der Waals surface area contributed by atoms with Gasteiger partial charge in [-0.3, -0.25) is 14.8 Å². The summed E-state index contributed by atoms with van der Waals surface area (Å²) in [6.45, 7) is 1.61. The van der Waals surface area contributed by atoms with Gasteiger partial charge >= 0.3 is 0 Å². The van der Waals surface area contributed by atoms with Crippen molar-refractivity contribution in [2.75, 3.05) is 4.72 Å². The first-order valence-corrected chi connectivity index (χ1v) is 9.15. The third kappa shape index (κ3) is 3.65. The van der Waals surface area contributed by atoms with E-state index >= 15 is 0 Å². The first-order chi connectivity index (χ1) is 10.6. The molecule has 7 nitrogen and oxygen atoms in total. The zero-order valence-corrected chi connectivity index (χ0v) is 15.6. The lowest BCUT2D eigenvalue weighted by atomic mass is 10.2. The molecular formula is C13H10Br2N2O5S. The lowest BCUT2D eigenvalue weighted by Gasteiger charge is -2.13. The van der Waals surface area contributed by atoms with Gasteiger partial charge in [-0.25, -0.2) is 8.42 Å². The average molecular weight is 466 g/mol. The number of halogens is 2. The van der Waals surface area contributed by atoms with Crippen LogP contribution in [-0.2, 0) is 10.0 Å². The third-order valence-electron chi connectivity index (χ3n) is 2.95. The largest absolute Gasteiger partial charge is 0.506 e. The standard InChI is InChI=1S/C13H10Br2N2O5S/c1-7-5-10(11(14)12(15)13(7)18)16-23(21,22)9-4-2-3-8(6-9)17(19)20/h2-6,16,18H,1H3. The molecule has 0 aliphatic heterocycles. The van der Waals surface area contributed by atoms with Crippen molar-refractivity contribution >= 4 is 53.3 Å². The van der Waals surface area contributed by atoms with Crippen molar-refractivity contribution < 1.29 is 18.4 Å². The first-order valence-electron chi connectivity index (χ1n) is 6.08. The highest BCUT2D eigenvalue weighted by Gasteiger charge is 2.21. The Morgan fingerprint density at radius 1 is 1.22 bits per heavy atom. The summed E-state index contributed by atoms with van der Waals surface area (Å²) in [6.07, 6.45) is 0. The summed E-state index contributed by atoms with van der Waals surface area (Å²) in [5, 5.41) is 20.6. The van der Waals surface area contributed by atoms with Crippen LogP contribution in [0.4, 0.5) is 11.4 Å². The number of phenols is 1. The quantitative estimate of drug-likeness (QED) is 0.403. The van der Waals surface area contributed by atoms with Crippen LogP contribution in [-0.4, -0.2) is 18.4 Å². The Bertz CT molecular complexity index is 899. The monoisotopic (exact) mass is 464 g/mol. The van der Waals surface area contributed by atoms with Crippen LogP contribution in [0.5, 0.6) is 5.75 Å². The number of hydrogen-bond acceptors (Lipinski definition) is 5. The van der Waals surface area contributed by atoms with Crippen molar-refractivity contribution in [3.05, 3.63) is 55.0 Å². The number of nitro benzene ring substituents is 1. The Morgan fingerprint density at radius 3 is 2.48 bits per heavy atom. The number of nitro groups is 1. The van der Waals surface area contributed by atoms with Crippen LogP contribution in [0, 0.1) is 17.0 Å². The summed E-state index contributed by atoms with van der Waals surface area (Å²) in [6, 6.07) is 6.17. The number of non-ortho nitro benzene ring substituents is 1. The van der Waals surface area contributed by atoms with E-state index < -0.39 is 14.9 Å². The fourth-order valence-electron chi connectivity index (χ4n) is 1.79. The molecule has 0 spiro atoms. The van der Waals surface area contributed by atoms with Crippen LogP contribution in [0.25, 0.3) is 0 Å². The van der Waals surface area contributed by atoms with Gasteiger partial charge in [-0.1, -0.05) is 6.07 Å². The number of phenolic OH excluding ortho intramolecular Hbond substituents is 1. The van der Waals surface area contributed by atoms with Crippen LogP contribution >= 0.6 is 31.9 Å². The number of rotatable bonds is 4. The number of aryl methyl sites for hydroxylation is 1. The van der Waals surface area contributed by atoms with E-state index in [4.69, 9.17) is 0 Å². The molecule has 122 valence electrons. The summed E-state index contributed by atoms with van der Waals surface area (Å²) in [5.74, 6) is -0.0184. The van der Waals surface area contributed by atoms with Crippen molar-refractivity contribution in [3.8, 4) is 5.75 Å². The van der Waals surface area contributed by atoms with Gasteiger partial charge < -0.3 is 5.11 Å². The van der Waals surface area contributed by atoms with Crippen LogP contribution in [0.2, 0.25) is 0 Å². The SMILES string of the molecule is Cc1cc(NS(=O)(=O)c2cccc([N+](=O)[O-])c2)c(Br)c(Br)c1O. The van der Waals surface area contributed by atoms with E-state index in [0.29, 0.717) is 14.5 Å². The maximum Gasteiger partial charge on any atom is 0.270 e. The molecular weight excluding hydrogens is 456 g/mol. The highest BCUT2D eigenvalue weighted by molar-refractivity contribution is 9.13. The molecule has 0 saturated heterocycles. The fourth-order valence-corrected chi connectivity index (χ4v) is 3.95. The number of sulfonamides is 1. The Kier molecular flexibility index (Phi) is 4.97. The van der Waals surface area contributed by atoms with Crippen molar-refractivity contribution in [2.45, 2.75) is 11.8 Å². The molecule has 0 fully saturated rings. The maximum absolute atomic E-state index is 12.4. The van der Waals surface area contributed by atoms with Crippen molar-refractivity contribution in [3.63, 3.8) is 0 Å². The van der Waals surface area contributed by atoms with Crippen molar-refractivity contribution in [1.29, 1.82) is 0 Å². The van der Waals surface area contributed by atoms with E-state index in [1.54, 1.807) is 6.92 Å². The van der Waals surface area contributed by atoms with Gasteiger partial charge in [-0.2, -0.15) is 0 Å².